The van der Waals surface area contributed by atoms with E-state index in [1.165, 1.54) is 16.6 Å². The van der Waals surface area contributed by atoms with Crippen LogP contribution in [-0.2, 0) is 6.54 Å². The summed E-state index contributed by atoms with van der Waals surface area (Å²) >= 11 is 0. The number of aryl methyl sites for hydroxylation is 1. The van der Waals surface area contributed by atoms with Crippen molar-refractivity contribution < 1.29 is 0 Å². The highest BCUT2D eigenvalue weighted by atomic mass is 35.5. The number of halogens is 2. The first-order valence-electron chi connectivity index (χ1n) is 8.13. The Morgan fingerprint density at radius 1 is 0.885 bits per heavy atom. The summed E-state index contributed by atoms with van der Waals surface area (Å²) in [4.78, 5) is 0. The van der Waals surface area contributed by atoms with E-state index in [9.17, 15) is 0 Å². The van der Waals surface area contributed by atoms with Crippen LogP contribution in [0.15, 0.2) is 73.4 Å². The molecule has 0 atom stereocenters. The smallest absolute Gasteiger partial charge is 0.123 e. The van der Waals surface area contributed by atoms with Crippen LogP contribution >= 0.6 is 24.8 Å². The van der Waals surface area contributed by atoms with Gasteiger partial charge < -0.3 is 9.88 Å². The Bertz CT molecular complexity index is 920. The molecule has 4 aromatic rings. The van der Waals surface area contributed by atoms with Gasteiger partial charge in [0.25, 0.3) is 0 Å². The van der Waals surface area contributed by atoms with Gasteiger partial charge in [-0.15, -0.1) is 35.0 Å². The number of anilines is 1. The van der Waals surface area contributed by atoms with Gasteiger partial charge in [-0.3, -0.25) is 4.57 Å². The molecule has 0 aliphatic rings. The van der Waals surface area contributed by atoms with Gasteiger partial charge in [0.15, 0.2) is 0 Å². The summed E-state index contributed by atoms with van der Waals surface area (Å²) in [6, 6.07) is 18.9. The molecule has 0 radical (unpaired) electrons. The number of hydrogen-bond donors (Lipinski definition) is 1. The summed E-state index contributed by atoms with van der Waals surface area (Å²) in [5.74, 6) is 0. The van der Waals surface area contributed by atoms with Crippen LogP contribution in [0.4, 0.5) is 5.69 Å². The van der Waals surface area contributed by atoms with Crippen LogP contribution in [0.3, 0.4) is 0 Å². The molecular weight excluding hydrogens is 369 g/mol. The highest BCUT2D eigenvalue weighted by molar-refractivity contribution is 5.85. The van der Waals surface area contributed by atoms with Crippen LogP contribution in [-0.4, -0.2) is 25.9 Å². The Kier molecular flexibility index (Phi) is 7.06. The van der Waals surface area contributed by atoms with Crippen LogP contribution in [0.25, 0.3) is 16.6 Å². The molecule has 2 heterocycles. The molecule has 5 nitrogen and oxygen atoms in total. The van der Waals surface area contributed by atoms with Gasteiger partial charge in [-0.05, 0) is 42.1 Å². The molecule has 0 amide bonds. The maximum Gasteiger partial charge on any atom is 0.123 e. The van der Waals surface area contributed by atoms with Crippen molar-refractivity contribution in [3.63, 3.8) is 0 Å². The topological polar surface area (TPSA) is 47.7 Å². The highest BCUT2D eigenvalue weighted by Crippen LogP contribution is 2.20. The van der Waals surface area contributed by atoms with E-state index in [2.05, 4.69) is 62.7 Å². The van der Waals surface area contributed by atoms with Crippen LogP contribution in [0.5, 0.6) is 0 Å². The largest absolute Gasteiger partial charge is 0.385 e. The van der Waals surface area contributed by atoms with E-state index in [-0.39, 0.29) is 24.8 Å². The predicted octanol–water partition coefficient (Wildman–Crippen LogP) is 4.57. The summed E-state index contributed by atoms with van der Waals surface area (Å²) in [6.45, 7) is 1.93. The summed E-state index contributed by atoms with van der Waals surface area (Å²) < 4.78 is 4.23. The molecule has 0 aliphatic carbocycles. The van der Waals surface area contributed by atoms with Gasteiger partial charge in [-0.2, -0.15) is 0 Å². The molecule has 0 fully saturated rings. The van der Waals surface area contributed by atoms with Gasteiger partial charge in [0.1, 0.15) is 12.7 Å². The molecule has 0 bridgehead atoms. The number of benzene rings is 2. The number of rotatable bonds is 6. The van der Waals surface area contributed by atoms with Crippen molar-refractivity contribution in [3.8, 4) is 5.69 Å². The van der Waals surface area contributed by atoms with Crippen molar-refractivity contribution in [2.75, 3.05) is 11.9 Å². The molecule has 136 valence electrons. The molecule has 0 spiro atoms. The van der Waals surface area contributed by atoms with E-state index in [1.807, 2.05) is 22.8 Å². The second-order valence-electron chi connectivity index (χ2n) is 5.77. The quantitative estimate of drug-likeness (QED) is 0.491. The third-order valence-electron chi connectivity index (χ3n) is 4.15. The third kappa shape index (κ3) is 4.36. The van der Waals surface area contributed by atoms with Crippen molar-refractivity contribution in [2.45, 2.75) is 13.0 Å². The minimum Gasteiger partial charge on any atom is -0.385 e. The van der Waals surface area contributed by atoms with Gasteiger partial charge in [0.05, 0.1) is 11.2 Å². The third-order valence-corrected chi connectivity index (χ3v) is 4.15. The highest BCUT2D eigenvalue weighted by Gasteiger charge is 2.04. The number of nitrogens with zero attached hydrogens (tertiary/aromatic N) is 4. The number of para-hydroxylation sites is 1. The zero-order valence-corrected chi connectivity index (χ0v) is 15.8. The molecule has 7 heteroatoms. The molecular formula is C19H21Cl2N5. The fourth-order valence-corrected chi connectivity index (χ4v) is 2.90. The molecule has 2 aromatic heterocycles. The van der Waals surface area contributed by atoms with Crippen LogP contribution in [0, 0.1) is 0 Å². The van der Waals surface area contributed by atoms with E-state index in [4.69, 9.17) is 0 Å². The molecule has 0 aliphatic heterocycles. The zero-order chi connectivity index (χ0) is 16.2. The second-order valence-corrected chi connectivity index (χ2v) is 5.77. The maximum atomic E-state index is 3.88. The lowest BCUT2D eigenvalue weighted by Gasteiger charge is -2.09. The Hall–Kier alpha value is -2.50. The van der Waals surface area contributed by atoms with Gasteiger partial charge >= 0.3 is 0 Å². The van der Waals surface area contributed by atoms with Crippen LogP contribution < -0.4 is 5.32 Å². The molecule has 2 aromatic carbocycles. The first kappa shape index (κ1) is 19.8. The average molecular weight is 390 g/mol. The van der Waals surface area contributed by atoms with Gasteiger partial charge in [0.2, 0.25) is 0 Å². The van der Waals surface area contributed by atoms with E-state index < -0.39 is 0 Å². The molecule has 1 N–H and O–H groups in total. The molecule has 0 unspecified atom stereocenters. The molecule has 0 saturated carbocycles. The minimum absolute atomic E-state index is 0. The summed E-state index contributed by atoms with van der Waals surface area (Å²) in [5, 5.41) is 12.5. The summed E-state index contributed by atoms with van der Waals surface area (Å²) in [7, 11) is 0. The SMILES string of the molecule is Cl.Cl.c1ccc(NCCCn2ccc3ccc(-n4cnnc4)cc32)cc1. The van der Waals surface area contributed by atoms with Crippen molar-refractivity contribution in [3.05, 3.63) is 73.4 Å². The van der Waals surface area contributed by atoms with Crippen molar-refractivity contribution >= 4 is 41.4 Å². The van der Waals surface area contributed by atoms with Crippen molar-refractivity contribution in [2.24, 2.45) is 0 Å². The number of hydrogen-bond acceptors (Lipinski definition) is 3. The van der Waals surface area contributed by atoms with Crippen molar-refractivity contribution in [1.29, 1.82) is 0 Å². The first-order chi connectivity index (χ1) is 11.9. The van der Waals surface area contributed by atoms with Crippen LogP contribution in [0.2, 0.25) is 0 Å². The average Bonchev–Trinajstić information content (AvgIpc) is 3.29. The lowest BCUT2D eigenvalue weighted by Crippen LogP contribution is -2.06. The second kappa shape index (κ2) is 9.27. The normalized spacial score (nSPS) is 10.2. The predicted molar refractivity (Wildman–Crippen MR) is 111 cm³/mol. The van der Waals surface area contributed by atoms with Gasteiger partial charge in [-0.1, -0.05) is 24.3 Å². The van der Waals surface area contributed by atoms with Gasteiger partial charge in [-0.25, -0.2) is 0 Å². The Labute approximate surface area is 164 Å². The lowest BCUT2D eigenvalue weighted by molar-refractivity contribution is 0.683. The number of aromatic nitrogens is 4. The first-order valence-corrected chi connectivity index (χ1v) is 8.13. The molecule has 4 rings (SSSR count). The van der Waals surface area contributed by atoms with Gasteiger partial charge in [0, 0.05) is 25.0 Å². The standard InChI is InChI=1S/C19H19N5.2ClH/c1-2-5-17(6-3-1)20-10-4-11-23-12-9-16-7-8-18(13-19(16)23)24-14-21-22-15-24;;/h1-3,5-9,12-15,20H,4,10-11H2;2*1H. The fraction of sp³-hybridized carbons (Fsp3) is 0.158. The molecule has 26 heavy (non-hydrogen) atoms. The number of fused-ring (bicyclic) bond motifs is 1. The van der Waals surface area contributed by atoms with E-state index in [0.717, 1.165) is 25.2 Å². The lowest BCUT2D eigenvalue weighted by atomic mass is 10.2. The monoisotopic (exact) mass is 389 g/mol. The Morgan fingerprint density at radius 2 is 1.65 bits per heavy atom. The molecule has 0 saturated heterocycles. The number of nitrogens with one attached hydrogen (secondary N) is 1. The Balaban J connectivity index is 0.00000121. The van der Waals surface area contributed by atoms with E-state index in [0.29, 0.717) is 0 Å². The van der Waals surface area contributed by atoms with Crippen molar-refractivity contribution in [1.82, 2.24) is 19.3 Å². The minimum atomic E-state index is 0. The Morgan fingerprint density at radius 3 is 2.42 bits per heavy atom. The van der Waals surface area contributed by atoms with E-state index >= 15 is 0 Å². The fourth-order valence-electron chi connectivity index (χ4n) is 2.90. The maximum absolute atomic E-state index is 3.88. The zero-order valence-electron chi connectivity index (χ0n) is 14.2. The summed E-state index contributed by atoms with van der Waals surface area (Å²) in [6.07, 6.45) is 6.66. The van der Waals surface area contributed by atoms with Crippen LogP contribution in [0.1, 0.15) is 6.42 Å². The van der Waals surface area contributed by atoms with E-state index in [1.54, 1.807) is 12.7 Å². The summed E-state index contributed by atoms with van der Waals surface area (Å²) in [5.41, 5.74) is 3.49.